The number of hydrogen-bond donors (Lipinski definition) is 1. The Hall–Kier alpha value is -2.57. The highest BCUT2D eigenvalue weighted by atomic mass is 35.5. The molecule has 2 aromatic carbocycles. The van der Waals surface area contributed by atoms with E-state index in [-0.39, 0.29) is 11.3 Å². The van der Waals surface area contributed by atoms with E-state index in [1.165, 1.54) is 12.1 Å². The minimum absolute atomic E-state index is 0.0802. The second-order valence-corrected chi connectivity index (χ2v) is 6.27. The zero-order chi connectivity index (χ0) is 17.4. The molecule has 1 N–H and O–H groups in total. The molecule has 4 rings (SSSR count). The predicted molar refractivity (Wildman–Crippen MR) is 97.0 cm³/mol. The Balaban J connectivity index is 2.00. The van der Waals surface area contributed by atoms with E-state index >= 15 is 0 Å². The van der Waals surface area contributed by atoms with Crippen LogP contribution in [0.15, 0.2) is 47.3 Å². The Morgan fingerprint density at radius 3 is 2.52 bits per heavy atom. The number of anilines is 1. The first kappa shape index (κ1) is 15.9. The van der Waals surface area contributed by atoms with Crippen molar-refractivity contribution in [1.82, 2.24) is 9.55 Å². The van der Waals surface area contributed by atoms with Crippen LogP contribution in [-0.4, -0.2) is 41.0 Å². The molecule has 3 aromatic rings. The Bertz CT molecular complexity index is 979. The summed E-state index contributed by atoms with van der Waals surface area (Å²) < 4.78 is 6.99. The van der Waals surface area contributed by atoms with Crippen LogP contribution >= 0.6 is 11.6 Å². The zero-order valence-electron chi connectivity index (χ0n) is 13.4. The largest absolute Gasteiger partial charge is 0.508 e. The molecule has 0 atom stereocenters. The van der Waals surface area contributed by atoms with Gasteiger partial charge in [0.1, 0.15) is 5.75 Å². The summed E-state index contributed by atoms with van der Waals surface area (Å²) >= 11 is 5.98. The van der Waals surface area contributed by atoms with E-state index < -0.39 is 0 Å². The van der Waals surface area contributed by atoms with Crippen LogP contribution in [0.4, 0.5) is 5.95 Å². The number of morpholine rings is 1. The maximum absolute atomic E-state index is 13.1. The van der Waals surface area contributed by atoms with Crippen LogP contribution in [0.5, 0.6) is 5.75 Å². The van der Waals surface area contributed by atoms with Crippen LogP contribution < -0.4 is 10.5 Å². The lowest BCUT2D eigenvalue weighted by molar-refractivity contribution is 0.122. The third-order valence-electron chi connectivity index (χ3n) is 4.21. The average molecular weight is 358 g/mol. The predicted octanol–water partition coefficient (Wildman–Crippen LogP) is 2.58. The van der Waals surface area contributed by atoms with E-state index in [4.69, 9.17) is 16.3 Å². The molecular weight excluding hydrogens is 342 g/mol. The average Bonchev–Trinajstić information content (AvgIpc) is 2.63. The molecule has 128 valence electrons. The minimum atomic E-state index is -0.186. The van der Waals surface area contributed by atoms with Crippen molar-refractivity contribution in [2.75, 3.05) is 31.2 Å². The lowest BCUT2D eigenvalue weighted by atomic mass is 10.2. The molecule has 1 saturated heterocycles. The van der Waals surface area contributed by atoms with E-state index in [9.17, 15) is 9.90 Å². The maximum Gasteiger partial charge on any atom is 0.267 e. The first-order valence-electron chi connectivity index (χ1n) is 7.98. The van der Waals surface area contributed by atoms with Gasteiger partial charge in [-0.15, -0.1) is 0 Å². The van der Waals surface area contributed by atoms with Crippen molar-refractivity contribution in [2.24, 2.45) is 0 Å². The van der Waals surface area contributed by atoms with Crippen molar-refractivity contribution in [3.05, 3.63) is 57.8 Å². The SMILES string of the molecule is O=c1c2ccc(O)cc2nc(N2CCOCC2)n1-c1ccc(Cl)cc1. The molecule has 0 saturated carbocycles. The van der Waals surface area contributed by atoms with Gasteiger partial charge in [0.05, 0.1) is 29.8 Å². The van der Waals surface area contributed by atoms with Gasteiger partial charge >= 0.3 is 0 Å². The molecule has 0 radical (unpaired) electrons. The van der Waals surface area contributed by atoms with Crippen LogP contribution in [0.1, 0.15) is 0 Å². The summed E-state index contributed by atoms with van der Waals surface area (Å²) in [5.74, 6) is 0.616. The molecule has 1 aromatic heterocycles. The van der Waals surface area contributed by atoms with Gasteiger partial charge in [0.2, 0.25) is 5.95 Å². The molecule has 1 fully saturated rings. The standard InChI is InChI=1S/C18H16ClN3O3/c19-12-1-3-13(4-2-12)22-17(24)15-6-5-14(23)11-16(15)20-18(22)21-7-9-25-10-8-21/h1-6,11,23H,7-10H2. The van der Waals surface area contributed by atoms with E-state index in [2.05, 4.69) is 4.98 Å². The molecule has 25 heavy (non-hydrogen) atoms. The number of phenols is 1. The number of rotatable bonds is 2. The summed E-state index contributed by atoms with van der Waals surface area (Å²) in [4.78, 5) is 19.8. The highest BCUT2D eigenvalue weighted by molar-refractivity contribution is 6.30. The zero-order valence-corrected chi connectivity index (χ0v) is 14.1. The summed E-state index contributed by atoms with van der Waals surface area (Å²) in [6, 6.07) is 11.7. The fraction of sp³-hybridized carbons (Fsp3) is 0.222. The highest BCUT2D eigenvalue weighted by Crippen LogP contribution is 2.23. The van der Waals surface area contributed by atoms with Gasteiger partial charge in [-0.1, -0.05) is 11.6 Å². The molecule has 1 aliphatic rings. The summed E-state index contributed by atoms with van der Waals surface area (Å²) in [6.45, 7) is 2.44. The van der Waals surface area contributed by atoms with Gasteiger partial charge in [-0.05, 0) is 36.4 Å². The van der Waals surface area contributed by atoms with Crippen LogP contribution in [0.3, 0.4) is 0 Å². The van der Waals surface area contributed by atoms with E-state index in [1.54, 1.807) is 34.9 Å². The fourth-order valence-corrected chi connectivity index (χ4v) is 3.09. The molecule has 6 nitrogen and oxygen atoms in total. The molecule has 0 bridgehead atoms. The number of halogens is 1. The Kier molecular flexibility index (Phi) is 4.07. The summed E-state index contributed by atoms with van der Waals surface area (Å²) in [6.07, 6.45) is 0. The normalized spacial score (nSPS) is 14.8. The number of ether oxygens (including phenoxy) is 1. The van der Waals surface area contributed by atoms with Gasteiger partial charge < -0.3 is 14.7 Å². The Morgan fingerprint density at radius 2 is 1.80 bits per heavy atom. The van der Waals surface area contributed by atoms with Gasteiger partial charge in [-0.25, -0.2) is 9.55 Å². The van der Waals surface area contributed by atoms with Crippen molar-refractivity contribution >= 4 is 28.5 Å². The van der Waals surface area contributed by atoms with E-state index in [0.29, 0.717) is 53.9 Å². The molecule has 1 aliphatic heterocycles. The van der Waals surface area contributed by atoms with Crippen LogP contribution in [0, 0.1) is 0 Å². The van der Waals surface area contributed by atoms with Gasteiger partial charge in [0, 0.05) is 24.2 Å². The van der Waals surface area contributed by atoms with Crippen LogP contribution in [0.25, 0.3) is 16.6 Å². The number of aromatic hydroxyl groups is 1. The summed E-state index contributed by atoms with van der Waals surface area (Å²) in [5.41, 5.74) is 0.976. The maximum atomic E-state index is 13.1. The number of nitrogens with zero attached hydrogens (tertiary/aromatic N) is 3. The molecule has 0 aliphatic carbocycles. The van der Waals surface area contributed by atoms with Crippen molar-refractivity contribution in [2.45, 2.75) is 0 Å². The number of phenolic OH excluding ortho intramolecular Hbond substituents is 1. The van der Waals surface area contributed by atoms with Crippen molar-refractivity contribution in [1.29, 1.82) is 0 Å². The van der Waals surface area contributed by atoms with Crippen molar-refractivity contribution < 1.29 is 9.84 Å². The Morgan fingerprint density at radius 1 is 1.08 bits per heavy atom. The van der Waals surface area contributed by atoms with E-state index in [0.717, 1.165) is 0 Å². The first-order chi connectivity index (χ1) is 12.1. The van der Waals surface area contributed by atoms with Gasteiger partial charge in [0.25, 0.3) is 5.56 Å². The molecule has 2 heterocycles. The molecule has 7 heteroatoms. The summed E-state index contributed by atoms with van der Waals surface area (Å²) in [7, 11) is 0. The number of benzene rings is 2. The fourth-order valence-electron chi connectivity index (χ4n) is 2.96. The first-order valence-corrected chi connectivity index (χ1v) is 8.36. The topological polar surface area (TPSA) is 67.6 Å². The monoisotopic (exact) mass is 357 g/mol. The highest BCUT2D eigenvalue weighted by Gasteiger charge is 2.20. The number of fused-ring (bicyclic) bond motifs is 1. The van der Waals surface area contributed by atoms with Crippen molar-refractivity contribution in [3.8, 4) is 11.4 Å². The van der Waals surface area contributed by atoms with Crippen molar-refractivity contribution in [3.63, 3.8) is 0 Å². The van der Waals surface area contributed by atoms with Gasteiger partial charge in [-0.2, -0.15) is 0 Å². The molecule has 0 amide bonds. The molecule has 0 spiro atoms. The summed E-state index contributed by atoms with van der Waals surface area (Å²) in [5, 5.41) is 10.8. The molecular formula is C18H16ClN3O3. The molecule has 0 unspecified atom stereocenters. The Labute approximate surface area is 148 Å². The number of hydrogen-bond acceptors (Lipinski definition) is 5. The smallest absolute Gasteiger partial charge is 0.267 e. The third-order valence-corrected chi connectivity index (χ3v) is 4.47. The quantitative estimate of drug-likeness (QED) is 0.763. The van der Waals surface area contributed by atoms with Gasteiger partial charge in [0.15, 0.2) is 0 Å². The second-order valence-electron chi connectivity index (χ2n) is 5.83. The number of aromatic nitrogens is 2. The second kappa shape index (κ2) is 6.38. The third kappa shape index (κ3) is 2.94. The minimum Gasteiger partial charge on any atom is -0.508 e. The lowest BCUT2D eigenvalue weighted by Crippen LogP contribution is -2.40. The van der Waals surface area contributed by atoms with Crippen LogP contribution in [0.2, 0.25) is 5.02 Å². The lowest BCUT2D eigenvalue weighted by Gasteiger charge is -2.29. The van der Waals surface area contributed by atoms with Crippen LogP contribution in [-0.2, 0) is 4.74 Å². The van der Waals surface area contributed by atoms with E-state index in [1.807, 2.05) is 4.90 Å². The van der Waals surface area contributed by atoms with Gasteiger partial charge in [-0.3, -0.25) is 4.79 Å².